The van der Waals surface area contributed by atoms with Crippen molar-refractivity contribution in [1.82, 2.24) is 9.78 Å². The first-order valence-corrected chi connectivity index (χ1v) is 6.76. The third-order valence-corrected chi connectivity index (χ3v) is 3.61. The molecule has 0 N–H and O–H groups in total. The van der Waals surface area contributed by atoms with Crippen LogP contribution in [0.2, 0.25) is 0 Å². The number of hydrogen-bond donors (Lipinski definition) is 0. The molecule has 4 heteroatoms. The van der Waals surface area contributed by atoms with Crippen molar-refractivity contribution >= 4 is 16.6 Å². The lowest BCUT2D eigenvalue weighted by molar-refractivity contribution is 0.0992. The lowest BCUT2D eigenvalue weighted by atomic mass is 9.98. The first-order valence-electron chi connectivity index (χ1n) is 6.76. The zero-order valence-corrected chi connectivity index (χ0v) is 11.9. The number of Topliss-reactive ketones (excluding diaryl/α,β-unsaturated/α-hetero) is 1. The van der Waals surface area contributed by atoms with Crippen molar-refractivity contribution in [3.63, 3.8) is 0 Å². The number of nitrogens with zero attached hydrogens (tertiary/aromatic N) is 2. The summed E-state index contributed by atoms with van der Waals surface area (Å²) in [6.45, 7) is 1.89. The van der Waals surface area contributed by atoms with Crippen molar-refractivity contribution in [1.29, 1.82) is 0 Å². The highest BCUT2D eigenvalue weighted by atomic mass is 19.1. The van der Waals surface area contributed by atoms with Crippen LogP contribution < -0.4 is 0 Å². The number of carbonyl (C=O) groups is 1. The van der Waals surface area contributed by atoms with E-state index in [9.17, 15) is 9.18 Å². The van der Waals surface area contributed by atoms with Crippen LogP contribution in [0.15, 0.2) is 42.5 Å². The summed E-state index contributed by atoms with van der Waals surface area (Å²) in [4.78, 5) is 12.5. The van der Waals surface area contributed by atoms with Crippen molar-refractivity contribution in [2.75, 3.05) is 0 Å². The molecule has 0 aliphatic heterocycles. The van der Waals surface area contributed by atoms with Crippen LogP contribution in [0, 0.1) is 12.7 Å². The van der Waals surface area contributed by atoms with E-state index in [1.54, 1.807) is 28.9 Å². The van der Waals surface area contributed by atoms with Crippen LogP contribution in [-0.4, -0.2) is 15.6 Å². The zero-order valence-electron chi connectivity index (χ0n) is 11.9. The molecule has 0 unspecified atom stereocenters. The van der Waals surface area contributed by atoms with Gasteiger partial charge < -0.3 is 0 Å². The average molecular weight is 282 g/mol. The monoisotopic (exact) mass is 282 g/mol. The van der Waals surface area contributed by atoms with Crippen LogP contribution in [0.1, 0.15) is 21.7 Å². The maximum atomic E-state index is 13.8. The molecular formula is C17H15FN2O. The van der Waals surface area contributed by atoms with E-state index >= 15 is 0 Å². The summed E-state index contributed by atoms with van der Waals surface area (Å²) in [6.07, 6.45) is 0.257. The van der Waals surface area contributed by atoms with Gasteiger partial charge in [0.05, 0.1) is 12.1 Å². The molecule has 106 valence electrons. The van der Waals surface area contributed by atoms with Crippen LogP contribution in [0.5, 0.6) is 0 Å². The van der Waals surface area contributed by atoms with E-state index in [2.05, 4.69) is 5.10 Å². The van der Waals surface area contributed by atoms with Crippen LogP contribution >= 0.6 is 0 Å². The maximum absolute atomic E-state index is 13.8. The number of aromatic nitrogens is 2. The standard InChI is InChI=1S/C17H15FN2O/c1-11-9-12(20(2)19-11)10-17(21)15-7-8-16(18)14-6-4-3-5-13(14)15/h3-9H,10H2,1-2H3. The lowest BCUT2D eigenvalue weighted by Gasteiger charge is -2.07. The second kappa shape index (κ2) is 5.13. The normalized spacial score (nSPS) is 11.0. The Morgan fingerprint density at radius 3 is 2.57 bits per heavy atom. The number of carbonyl (C=O) groups excluding carboxylic acids is 1. The predicted octanol–water partition coefficient (Wildman–Crippen LogP) is 3.45. The smallest absolute Gasteiger partial charge is 0.169 e. The highest BCUT2D eigenvalue weighted by Crippen LogP contribution is 2.23. The number of hydrogen-bond acceptors (Lipinski definition) is 2. The van der Waals surface area contributed by atoms with Crippen LogP contribution in [0.25, 0.3) is 10.8 Å². The molecule has 1 aromatic heterocycles. The number of rotatable bonds is 3. The van der Waals surface area contributed by atoms with Crippen molar-refractivity contribution in [3.8, 4) is 0 Å². The molecule has 3 rings (SSSR count). The summed E-state index contributed by atoms with van der Waals surface area (Å²) >= 11 is 0. The van der Waals surface area contributed by atoms with E-state index in [1.807, 2.05) is 26.1 Å². The topological polar surface area (TPSA) is 34.9 Å². The van der Waals surface area contributed by atoms with Crippen molar-refractivity contribution in [2.45, 2.75) is 13.3 Å². The SMILES string of the molecule is Cc1cc(CC(=O)c2ccc(F)c3ccccc23)n(C)n1. The molecule has 0 aliphatic rings. The van der Waals surface area contributed by atoms with Gasteiger partial charge in [0.15, 0.2) is 5.78 Å². The molecule has 21 heavy (non-hydrogen) atoms. The van der Waals surface area contributed by atoms with Gasteiger partial charge in [0.25, 0.3) is 0 Å². The maximum Gasteiger partial charge on any atom is 0.169 e. The molecule has 0 aliphatic carbocycles. The van der Waals surface area contributed by atoms with Gasteiger partial charge in [-0.2, -0.15) is 5.10 Å². The summed E-state index contributed by atoms with van der Waals surface area (Å²) in [5.41, 5.74) is 2.28. The number of ketones is 1. The van der Waals surface area contributed by atoms with Gasteiger partial charge in [0.2, 0.25) is 0 Å². The molecule has 1 heterocycles. The molecule has 2 aromatic carbocycles. The minimum Gasteiger partial charge on any atom is -0.294 e. The molecule has 0 radical (unpaired) electrons. The Morgan fingerprint density at radius 1 is 1.19 bits per heavy atom. The second-order valence-corrected chi connectivity index (χ2v) is 5.14. The van der Waals surface area contributed by atoms with Gasteiger partial charge in [-0.3, -0.25) is 9.48 Å². The first kappa shape index (κ1) is 13.5. The van der Waals surface area contributed by atoms with Crippen LogP contribution in [0.4, 0.5) is 4.39 Å². The number of fused-ring (bicyclic) bond motifs is 1. The summed E-state index contributed by atoms with van der Waals surface area (Å²) < 4.78 is 15.5. The van der Waals surface area contributed by atoms with Gasteiger partial charge in [-0.1, -0.05) is 24.3 Å². The Kier molecular flexibility index (Phi) is 3.29. The number of halogens is 1. The fourth-order valence-corrected chi connectivity index (χ4v) is 2.59. The summed E-state index contributed by atoms with van der Waals surface area (Å²) in [6, 6.07) is 11.9. The van der Waals surface area contributed by atoms with Gasteiger partial charge >= 0.3 is 0 Å². The van der Waals surface area contributed by atoms with E-state index in [4.69, 9.17) is 0 Å². The van der Waals surface area contributed by atoms with Crippen molar-refractivity contribution in [3.05, 3.63) is 65.2 Å². The summed E-state index contributed by atoms with van der Waals surface area (Å²) in [5, 5.41) is 5.37. The molecular weight excluding hydrogens is 267 g/mol. The van der Waals surface area contributed by atoms with Crippen LogP contribution in [-0.2, 0) is 13.5 Å². The predicted molar refractivity (Wildman–Crippen MR) is 79.9 cm³/mol. The fourth-order valence-electron chi connectivity index (χ4n) is 2.59. The minimum atomic E-state index is -0.307. The molecule has 0 bridgehead atoms. The molecule has 0 fully saturated rings. The Labute approximate surface area is 122 Å². The van der Waals surface area contributed by atoms with E-state index in [1.165, 1.54) is 6.07 Å². The fraction of sp³-hybridized carbons (Fsp3) is 0.176. The third kappa shape index (κ3) is 2.44. The summed E-state index contributed by atoms with van der Waals surface area (Å²) in [7, 11) is 1.82. The average Bonchev–Trinajstić information content (AvgIpc) is 2.77. The Morgan fingerprint density at radius 2 is 1.90 bits per heavy atom. The molecule has 0 saturated carbocycles. The molecule has 0 saturated heterocycles. The number of benzene rings is 2. The molecule has 0 spiro atoms. The van der Waals surface area contributed by atoms with Crippen molar-refractivity contribution < 1.29 is 9.18 Å². The molecule has 3 nitrogen and oxygen atoms in total. The highest BCUT2D eigenvalue weighted by Gasteiger charge is 2.15. The van der Waals surface area contributed by atoms with E-state index < -0.39 is 0 Å². The quantitative estimate of drug-likeness (QED) is 0.690. The van der Waals surface area contributed by atoms with Gasteiger partial charge in [-0.15, -0.1) is 0 Å². The Balaban J connectivity index is 2.02. The third-order valence-electron chi connectivity index (χ3n) is 3.61. The molecule has 3 aromatic rings. The number of aryl methyl sites for hydroxylation is 2. The van der Waals surface area contributed by atoms with Gasteiger partial charge in [-0.05, 0) is 30.5 Å². The van der Waals surface area contributed by atoms with Crippen molar-refractivity contribution in [2.24, 2.45) is 7.05 Å². The second-order valence-electron chi connectivity index (χ2n) is 5.14. The molecule has 0 amide bonds. The van der Waals surface area contributed by atoms with E-state index in [-0.39, 0.29) is 18.0 Å². The summed E-state index contributed by atoms with van der Waals surface area (Å²) in [5.74, 6) is -0.340. The Hall–Kier alpha value is -2.49. The largest absolute Gasteiger partial charge is 0.294 e. The van der Waals surface area contributed by atoms with Gasteiger partial charge in [-0.25, -0.2) is 4.39 Å². The Bertz CT molecular complexity index is 836. The lowest BCUT2D eigenvalue weighted by Crippen LogP contribution is -2.08. The van der Waals surface area contributed by atoms with E-state index in [0.717, 1.165) is 11.4 Å². The van der Waals surface area contributed by atoms with Crippen LogP contribution in [0.3, 0.4) is 0 Å². The first-order chi connectivity index (χ1) is 10.1. The van der Waals surface area contributed by atoms with Gasteiger partial charge in [0.1, 0.15) is 5.82 Å². The zero-order chi connectivity index (χ0) is 15.0. The van der Waals surface area contributed by atoms with E-state index in [0.29, 0.717) is 16.3 Å². The van der Waals surface area contributed by atoms with Gasteiger partial charge in [0, 0.05) is 23.7 Å². The highest BCUT2D eigenvalue weighted by molar-refractivity contribution is 6.08. The minimum absolute atomic E-state index is 0.0331. The molecule has 0 atom stereocenters.